The van der Waals surface area contributed by atoms with Crippen molar-refractivity contribution in [2.45, 2.75) is 31.7 Å². The van der Waals surface area contributed by atoms with Crippen LogP contribution in [0.4, 0.5) is 5.69 Å². The number of amides is 1. The lowest BCUT2D eigenvalue weighted by molar-refractivity contribution is -0.384. The average Bonchev–Trinajstić information content (AvgIpc) is 2.47. The van der Waals surface area contributed by atoms with E-state index in [1.54, 1.807) is 0 Å². The first-order valence-electron chi connectivity index (χ1n) is 6.77. The Kier molecular flexibility index (Phi) is 4.52. The first kappa shape index (κ1) is 15.0. The molecule has 0 aliphatic heterocycles. The van der Waals surface area contributed by atoms with Crippen LogP contribution in [-0.4, -0.2) is 27.9 Å². The Morgan fingerprint density at radius 3 is 2.67 bits per heavy atom. The van der Waals surface area contributed by atoms with Crippen molar-refractivity contribution in [3.8, 4) is 0 Å². The molecule has 1 fully saturated rings. The number of carbonyl (C=O) groups excluding carboxylic acids is 1. The van der Waals surface area contributed by atoms with Crippen molar-refractivity contribution in [1.29, 1.82) is 0 Å². The summed E-state index contributed by atoms with van der Waals surface area (Å²) in [5.74, 6) is -1.99. The number of carboxylic acids is 1. The van der Waals surface area contributed by atoms with Gasteiger partial charge in [-0.3, -0.25) is 19.7 Å². The molecule has 2 atom stereocenters. The van der Waals surface area contributed by atoms with Crippen LogP contribution >= 0.6 is 0 Å². The maximum atomic E-state index is 12.1. The molecule has 1 amide bonds. The van der Waals surface area contributed by atoms with Gasteiger partial charge in [0.1, 0.15) is 0 Å². The number of nitro groups is 1. The average molecular weight is 292 g/mol. The summed E-state index contributed by atoms with van der Waals surface area (Å²) in [5.41, 5.74) is -0.00000835. The minimum atomic E-state index is -0.918. The number of hydrogen-bond donors (Lipinski definition) is 2. The summed E-state index contributed by atoms with van der Waals surface area (Å²) in [6.07, 6.45) is 2.84. The van der Waals surface area contributed by atoms with E-state index in [0.717, 1.165) is 12.8 Å². The Morgan fingerprint density at radius 1 is 1.29 bits per heavy atom. The number of rotatable bonds is 4. The molecule has 2 N–H and O–H groups in total. The smallest absolute Gasteiger partial charge is 0.308 e. The molecule has 1 aliphatic rings. The molecule has 0 radical (unpaired) electrons. The molecule has 2 rings (SSSR count). The van der Waals surface area contributed by atoms with Crippen molar-refractivity contribution in [2.24, 2.45) is 5.92 Å². The van der Waals surface area contributed by atoms with E-state index in [-0.39, 0.29) is 11.3 Å². The molecule has 0 spiro atoms. The topological polar surface area (TPSA) is 110 Å². The standard InChI is InChI=1S/C14H16N2O5/c17-13(9-4-3-5-10(8-9)16(20)21)15-12-7-2-1-6-11(12)14(18)19/h3-5,8,11-12H,1-2,6-7H2,(H,15,17)(H,18,19). The van der Waals surface area contributed by atoms with Gasteiger partial charge in [-0.2, -0.15) is 0 Å². The maximum absolute atomic E-state index is 12.1. The van der Waals surface area contributed by atoms with E-state index in [2.05, 4.69) is 5.32 Å². The van der Waals surface area contributed by atoms with Crippen molar-refractivity contribution in [2.75, 3.05) is 0 Å². The third kappa shape index (κ3) is 3.56. The van der Waals surface area contributed by atoms with Crippen molar-refractivity contribution in [3.05, 3.63) is 39.9 Å². The van der Waals surface area contributed by atoms with Gasteiger partial charge in [0.05, 0.1) is 10.8 Å². The lowest BCUT2D eigenvalue weighted by Crippen LogP contribution is -2.45. The summed E-state index contributed by atoms with van der Waals surface area (Å²) in [6, 6.07) is 4.97. The second-order valence-electron chi connectivity index (χ2n) is 5.12. The number of nitrogens with one attached hydrogen (secondary N) is 1. The van der Waals surface area contributed by atoms with Crippen LogP contribution in [0.5, 0.6) is 0 Å². The van der Waals surface area contributed by atoms with Gasteiger partial charge in [-0.25, -0.2) is 0 Å². The van der Waals surface area contributed by atoms with Crippen LogP contribution in [0, 0.1) is 16.0 Å². The van der Waals surface area contributed by atoms with E-state index >= 15 is 0 Å². The number of non-ortho nitro benzene ring substituents is 1. The second kappa shape index (κ2) is 6.34. The molecule has 21 heavy (non-hydrogen) atoms. The second-order valence-corrected chi connectivity index (χ2v) is 5.12. The molecular weight excluding hydrogens is 276 g/mol. The van der Waals surface area contributed by atoms with Crippen molar-refractivity contribution in [3.63, 3.8) is 0 Å². The van der Waals surface area contributed by atoms with E-state index < -0.39 is 28.8 Å². The number of carboxylic acid groups (broad SMARTS) is 1. The molecule has 0 saturated heterocycles. The number of hydrogen-bond acceptors (Lipinski definition) is 4. The Balaban J connectivity index is 2.11. The van der Waals surface area contributed by atoms with Crippen LogP contribution in [0.25, 0.3) is 0 Å². The van der Waals surface area contributed by atoms with Gasteiger partial charge in [-0.15, -0.1) is 0 Å². The fraction of sp³-hybridized carbons (Fsp3) is 0.429. The van der Waals surface area contributed by atoms with Crippen molar-refractivity contribution >= 4 is 17.6 Å². The van der Waals surface area contributed by atoms with E-state index in [9.17, 15) is 19.7 Å². The van der Waals surface area contributed by atoms with Gasteiger partial charge < -0.3 is 10.4 Å². The molecule has 7 heteroatoms. The number of nitro benzene ring substituents is 1. The van der Waals surface area contributed by atoms with E-state index in [1.807, 2.05) is 0 Å². The number of nitrogens with zero attached hydrogens (tertiary/aromatic N) is 1. The summed E-state index contributed by atoms with van der Waals surface area (Å²) >= 11 is 0. The molecule has 2 unspecified atom stereocenters. The summed E-state index contributed by atoms with van der Waals surface area (Å²) in [7, 11) is 0. The minimum Gasteiger partial charge on any atom is -0.481 e. The molecular formula is C14H16N2O5. The van der Waals surface area contributed by atoms with Gasteiger partial charge in [-0.1, -0.05) is 18.9 Å². The Bertz CT molecular complexity index is 572. The number of carbonyl (C=O) groups is 2. The third-order valence-electron chi connectivity index (χ3n) is 3.72. The lowest BCUT2D eigenvalue weighted by Gasteiger charge is -2.29. The predicted molar refractivity (Wildman–Crippen MR) is 73.9 cm³/mol. The fourth-order valence-electron chi connectivity index (χ4n) is 2.61. The van der Waals surface area contributed by atoms with E-state index in [4.69, 9.17) is 5.11 Å². The molecule has 0 heterocycles. The van der Waals surface area contributed by atoms with Crippen LogP contribution in [0.3, 0.4) is 0 Å². The number of aliphatic carboxylic acids is 1. The van der Waals surface area contributed by atoms with Gasteiger partial charge in [0.25, 0.3) is 11.6 Å². The van der Waals surface area contributed by atoms with Gasteiger partial charge >= 0.3 is 5.97 Å². The van der Waals surface area contributed by atoms with Crippen LogP contribution in [0.1, 0.15) is 36.0 Å². The summed E-state index contributed by atoms with van der Waals surface area (Å²) in [6.45, 7) is 0. The van der Waals surface area contributed by atoms with Gasteiger partial charge in [0.15, 0.2) is 0 Å². The predicted octanol–water partition coefficient (Wildman–Crippen LogP) is 1.97. The molecule has 1 aromatic carbocycles. The summed E-state index contributed by atoms with van der Waals surface area (Å²) in [5, 5.41) is 22.6. The fourth-order valence-corrected chi connectivity index (χ4v) is 2.61. The molecule has 0 bridgehead atoms. The molecule has 1 aliphatic carbocycles. The van der Waals surface area contributed by atoms with Crippen LogP contribution in [-0.2, 0) is 4.79 Å². The number of benzene rings is 1. The van der Waals surface area contributed by atoms with Gasteiger partial charge in [0.2, 0.25) is 0 Å². The highest BCUT2D eigenvalue weighted by molar-refractivity contribution is 5.95. The first-order chi connectivity index (χ1) is 9.99. The highest BCUT2D eigenvalue weighted by Gasteiger charge is 2.32. The SMILES string of the molecule is O=C(NC1CCCCC1C(=O)O)c1cccc([N+](=O)[O-])c1. The largest absolute Gasteiger partial charge is 0.481 e. The van der Waals surface area contributed by atoms with Crippen LogP contribution in [0.15, 0.2) is 24.3 Å². The zero-order valence-electron chi connectivity index (χ0n) is 11.3. The molecule has 7 nitrogen and oxygen atoms in total. The van der Waals surface area contributed by atoms with Crippen molar-refractivity contribution < 1.29 is 19.6 Å². The Labute approximate surface area is 121 Å². The highest BCUT2D eigenvalue weighted by atomic mass is 16.6. The lowest BCUT2D eigenvalue weighted by atomic mass is 9.84. The highest BCUT2D eigenvalue weighted by Crippen LogP contribution is 2.25. The Morgan fingerprint density at radius 2 is 2.00 bits per heavy atom. The maximum Gasteiger partial charge on any atom is 0.308 e. The zero-order valence-corrected chi connectivity index (χ0v) is 11.3. The monoisotopic (exact) mass is 292 g/mol. The molecule has 0 aromatic heterocycles. The normalized spacial score (nSPS) is 21.5. The van der Waals surface area contributed by atoms with Gasteiger partial charge in [-0.05, 0) is 18.9 Å². The van der Waals surface area contributed by atoms with E-state index in [1.165, 1.54) is 24.3 Å². The molecule has 1 aromatic rings. The molecule has 112 valence electrons. The Hall–Kier alpha value is -2.44. The summed E-state index contributed by atoms with van der Waals surface area (Å²) < 4.78 is 0. The van der Waals surface area contributed by atoms with Gasteiger partial charge in [0, 0.05) is 23.7 Å². The zero-order chi connectivity index (χ0) is 15.4. The first-order valence-corrected chi connectivity index (χ1v) is 6.77. The van der Waals surface area contributed by atoms with Crippen LogP contribution in [0.2, 0.25) is 0 Å². The van der Waals surface area contributed by atoms with Crippen molar-refractivity contribution in [1.82, 2.24) is 5.32 Å². The van der Waals surface area contributed by atoms with E-state index in [0.29, 0.717) is 12.8 Å². The van der Waals surface area contributed by atoms with Crippen LogP contribution < -0.4 is 5.32 Å². The quantitative estimate of drug-likeness (QED) is 0.651. The summed E-state index contributed by atoms with van der Waals surface area (Å²) in [4.78, 5) is 33.4. The minimum absolute atomic E-state index is 0.166. The third-order valence-corrected chi connectivity index (χ3v) is 3.72. The molecule has 1 saturated carbocycles.